The minimum absolute atomic E-state index is 0.162. The van der Waals surface area contributed by atoms with Gasteiger partial charge < -0.3 is 5.32 Å². The summed E-state index contributed by atoms with van der Waals surface area (Å²) in [6.07, 6.45) is 8.34. The van der Waals surface area contributed by atoms with Crippen molar-refractivity contribution in [2.24, 2.45) is 0 Å². The van der Waals surface area contributed by atoms with E-state index < -0.39 is 0 Å². The predicted octanol–water partition coefficient (Wildman–Crippen LogP) is 2.36. The van der Waals surface area contributed by atoms with Crippen LogP contribution in [-0.2, 0) is 0 Å². The molecule has 1 fully saturated rings. The van der Waals surface area contributed by atoms with Crippen LogP contribution in [0.5, 0.6) is 0 Å². The fraction of sp³-hybridized carbons (Fsp3) is 0.500. The van der Waals surface area contributed by atoms with E-state index in [1.165, 1.54) is 19.0 Å². The average molecular weight is 275 g/mol. The molecule has 1 amide bonds. The lowest BCUT2D eigenvalue weighted by atomic mass is 10.1. The summed E-state index contributed by atoms with van der Waals surface area (Å²) in [6, 6.07) is 5.19. The van der Waals surface area contributed by atoms with Gasteiger partial charge in [0.15, 0.2) is 0 Å². The lowest BCUT2D eigenvalue weighted by molar-refractivity contribution is 0.0944. The first-order valence-electron chi connectivity index (χ1n) is 6.39. The molecular formula is C14H17N3OS. The maximum absolute atomic E-state index is 12.0. The summed E-state index contributed by atoms with van der Waals surface area (Å²) in [7, 11) is 0. The van der Waals surface area contributed by atoms with E-state index in [0.29, 0.717) is 17.8 Å². The van der Waals surface area contributed by atoms with Gasteiger partial charge in [-0.1, -0.05) is 12.8 Å². The molecule has 0 aliphatic heterocycles. The molecule has 0 bridgehead atoms. The van der Waals surface area contributed by atoms with Crippen LogP contribution in [0.4, 0.5) is 0 Å². The van der Waals surface area contributed by atoms with Crippen molar-refractivity contribution in [1.82, 2.24) is 10.3 Å². The molecule has 0 saturated heterocycles. The summed E-state index contributed by atoms with van der Waals surface area (Å²) in [4.78, 5) is 16.0. The Hall–Kier alpha value is -1.54. The molecule has 1 aromatic rings. The van der Waals surface area contributed by atoms with Crippen molar-refractivity contribution in [2.75, 3.05) is 12.8 Å². The average Bonchev–Trinajstić information content (AvgIpc) is 2.94. The number of nitrogens with one attached hydrogen (secondary N) is 1. The van der Waals surface area contributed by atoms with Crippen LogP contribution < -0.4 is 5.32 Å². The molecule has 0 spiro atoms. The molecule has 0 radical (unpaired) electrons. The molecule has 1 saturated carbocycles. The van der Waals surface area contributed by atoms with E-state index in [4.69, 9.17) is 5.26 Å². The van der Waals surface area contributed by atoms with Crippen molar-refractivity contribution >= 4 is 17.7 Å². The van der Waals surface area contributed by atoms with Gasteiger partial charge in [-0.2, -0.15) is 17.0 Å². The van der Waals surface area contributed by atoms with Crippen LogP contribution in [0, 0.1) is 11.3 Å². The molecular weight excluding hydrogens is 258 g/mol. The third-order valence-corrected chi connectivity index (χ3v) is 5.06. The number of hydrogen-bond donors (Lipinski definition) is 1. The number of nitriles is 1. The highest BCUT2D eigenvalue weighted by molar-refractivity contribution is 8.00. The molecule has 2 rings (SSSR count). The molecule has 4 nitrogen and oxygen atoms in total. The zero-order valence-corrected chi connectivity index (χ0v) is 11.8. The third-order valence-electron chi connectivity index (χ3n) is 3.64. The van der Waals surface area contributed by atoms with Crippen molar-refractivity contribution in [3.63, 3.8) is 0 Å². The summed E-state index contributed by atoms with van der Waals surface area (Å²) < 4.78 is 0.197. The highest BCUT2D eigenvalue weighted by Gasteiger charge is 2.33. The van der Waals surface area contributed by atoms with Gasteiger partial charge in [0.25, 0.3) is 5.91 Å². The Balaban J connectivity index is 1.95. The SMILES string of the molecule is CSC1(CNC(=O)c2ccc(C#N)cn2)CCCC1. The minimum Gasteiger partial charge on any atom is -0.349 e. The summed E-state index contributed by atoms with van der Waals surface area (Å²) in [6.45, 7) is 0.689. The van der Waals surface area contributed by atoms with Crippen molar-refractivity contribution in [2.45, 2.75) is 30.4 Å². The molecule has 1 heterocycles. The van der Waals surface area contributed by atoms with Crippen LogP contribution in [0.15, 0.2) is 18.3 Å². The number of rotatable bonds is 4. The van der Waals surface area contributed by atoms with Gasteiger partial charge in [-0.15, -0.1) is 0 Å². The van der Waals surface area contributed by atoms with Gasteiger partial charge in [0.05, 0.1) is 5.56 Å². The second kappa shape index (κ2) is 6.07. The van der Waals surface area contributed by atoms with Gasteiger partial charge in [-0.3, -0.25) is 4.79 Å². The van der Waals surface area contributed by atoms with E-state index >= 15 is 0 Å². The zero-order chi connectivity index (χ0) is 13.7. The first-order chi connectivity index (χ1) is 9.19. The Bertz CT molecular complexity index is 486. The van der Waals surface area contributed by atoms with Gasteiger partial charge in [0.2, 0.25) is 0 Å². The number of carbonyl (C=O) groups is 1. The lowest BCUT2D eigenvalue weighted by Crippen LogP contribution is -2.38. The van der Waals surface area contributed by atoms with Crippen molar-refractivity contribution in [3.8, 4) is 6.07 Å². The molecule has 0 aromatic carbocycles. The molecule has 100 valence electrons. The van der Waals surface area contributed by atoms with Crippen molar-refractivity contribution < 1.29 is 4.79 Å². The van der Waals surface area contributed by atoms with E-state index in [2.05, 4.69) is 16.6 Å². The highest BCUT2D eigenvalue weighted by atomic mass is 32.2. The number of thioether (sulfide) groups is 1. The van der Waals surface area contributed by atoms with Gasteiger partial charge in [0.1, 0.15) is 11.8 Å². The van der Waals surface area contributed by atoms with Crippen LogP contribution in [0.1, 0.15) is 41.7 Å². The highest BCUT2D eigenvalue weighted by Crippen LogP contribution is 2.39. The number of amides is 1. The lowest BCUT2D eigenvalue weighted by Gasteiger charge is -2.26. The van der Waals surface area contributed by atoms with Gasteiger partial charge >= 0.3 is 0 Å². The van der Waals surface area contributed by atoms with E-state index in [1.54, 1.807) is 12.1 Å². The maximum Gasteiger partial charge on any atom is 0.269 e. The molecule has 19 heavy (non-hydrogen) atoms. The Morgan fingerprint density at radius 3 is 2.79 bits per heavy atom. The molecule has 0 unspecified atom stereocenters. The van der Waals surface area contributed by atoms with E-state index in [-0.39, 0.29) is 10.7 Å². The summed E-state index contributed by atoms with van der Waals surface area (Å²) in [5.74, 6) is -0.162. The smallest absolute Gasteiger partial charge is 0.269 e. The number of aromatic nitrogens is 1. The van der Waals surface area contributed by atoms with Crippen LogP contribution in [-0.4, -0.2) is 28.4 Å². The van der Waals surface area contributed by atoms with Crippen LogP contribution in [0.3, 0.4) is 0 Å². The van der Waals surface area contributed by atoms with Crippen LogP contribution >= 0.6 is 11.8 Å². The molecule has 1 aromatic heterocycles. The monoisotopic (exact) mass is 275 g/mol. The summed E-state index contributed by atoms with van der Waals surface area (Å²) >= 11 is 1.84. The van der Waals surface area contributed by atoms with Gasteiger partial charge in [-0.25, -0.2) is 4.98 Å². The Labute approximate surface area is 117 Å². The number of carbonyl (C=O) groups excluding carboxylic acids is 1. The van der Waals surface area contributed by atoms with E-state index in [1.807, 2.05) is 17.8 Å². The third kappa shape index (κ3) is 3.27. The first kappa shape index (κ1) is 13.9. The fourth-order valence-electron chi connectivity index (χ4n) is 2.40. The summed E-state index contributed by atoms with van der Waals surface area (Å²) in [5.41, 5.74) is 0.834. The standard InChI is InChI=1S/C14H17N3OS/c1-19-14(6-2-3-7-14)10-17-13(18)12-5-4-11(8-15)9-16-12/h4-5,9H,2-3,6-7,10H2,1H3,(H,17,18). The van der Waals surface area contributed by atoms with Crippen molar-refractivity contribution in [3.05, 3.63) is 29.6 Å². The largest absolute Gasteiger partial charge is 0.349 e. The second-order valence-corrected chi connectivity index (χ2v) is 6.10. The molecule has 0 atom stereocenters. The topological polar surface area (TPSA) is 65.8 Å². The predicted molar refractivity (Wildman–Crippen MR) is 76.0 cm³/mol. The number of pyridine rings is 1. The van der Waals surface area contributed by atoms with Crippen LogP contribution in [0.2, 0.25) is 0 Å². The molecule has 1 aliphatic carbocycles. The van der Waals surface area contributed by atoms with E-state index in [0.717, 1.165) is 12.8 Å². The van der Waals surface area contributed by atoms with E-state index in [9.17, 15) is 4.79 Å². The zero-order valence-electron chi connectivity index (χ0n) is 11.0. The molecule has 1 aliphatic rings. The molecule has 5 heteroatoms. The Kier molecular flexibility index (Phi) is 4.43. The Morgan fingerprint density at radius 1 is 1.53 bits per heavy atom. The van der Waals surface area contributed by atoms with Gasteiger partial charge in [-0.05, 0) is 31.2 Å². The summed E-state index contributed by atoms with van der Waals surface area (Å²) in [5, 5.41) is 11.7. The minimum atomic E-state index is -0.162. The van der Waals surface area contributed by atoms with Crippen molar-refractivity contribution in [1.29, 1.82) is 5.26 Å². The Morgan fingerprint density at radius 2 is 2.26 bits per heavy atom. The fourth-order valence-corrected chi connectivity index (χ4v) is 3.31. The number of nitrogens with zero attached hydrogens (tertiary/aromatic N) is 2. The second-order valence-electron chi connectivity index (χ2n) is 4.82. The van der Waals surface area contributed by atoms with Gasteiger partial charge in [0, 0.05) is 17.5 Å². The molecule has 1 N–H and O–H groups in total. The first-order valence-corrected chi connectivity index (χ1v) is 7.61. The van der Waals surface area contributed by atoms with Crippen LogP contribution in [0.25, 0.3) is 0 Å². The number of hydrogen-bond acceptors (Lipinski definition) is 4. The normalized spacial score (nSPS) is 16.8. The quantitative estimate of drug-likeness (QED) is 0.916. The maximum atomic E-state index is 12.0.